The Morgan fingerprint density at radius 2 is 2.22 bits per heavy atom. The fraction of sp³-hybridized carbons (Fsp3) is 0.450. The summed E-state index contributed by atoms with van der Waals surface area (Å²) in [4.78, 5) is 4.19. The largest absolute Gasteiger partial charge is 0.333 e. The smallest absolute Gasteiger partial charge is 0.0948 e. The molecule has 0 amide bonds. The third-order valence-corrected chi connectivity index (χ3v) is 5.41. The van der Waals surface area contributed by atoms with Crippen LogP contribution in [0.5, 0.6) is 0 Å². The number of aryl methyl sites for hydroxylation is 1. The minimum absolute atomic E-state index is 0. The maximum Gasteiger partial charge on any atom is 0.0948 e. The summed E-state index contributed by atoms with van der Waals surface area (Å²) >= 11 is 0. The van der Waals surface area contributed by atoms with Crippen LogP contribution in [0.25, 0.3) is 6.08 Å². The van der Waals surface area contributed by atoms with Gasteiger partial charge in [-0.1, -0.05) is 37.6 Å². The van der Waals surface area contributed by atoms with E-state index in [4.69, 9.17) is 0 Å². The van der Waals surface area contributed by atoms with Gasteiger partial charge < -0.3 is 4.57 Å². The lowest BCUT2D eigenvalue weighted by molar-refractivity contribution is 0.319. The topological polar surface area (TPSA) is 17.8 Å². The van der Waals surface area contributed by atoms with Crippen molar-refractivity contribution < 1.29 is 0 Å². The monoisotopic (exact) mass is 328 g/mol. The molecule has 0 fully saturated rings. The standard InChI is InChI=1S/C20H24N2.ClH/c1-2-8-20-9-4-7-17-5-3-6-18(19(17)20)12-16(13-20)14-22-11-10-21-15-22;/h3,5-6,10-12,15H,2,4,7-9,13-14H2,1H3;1H. The Hall–Kier alpha value is -1.54. The van der Waals surface area contributed by atoms with E-state index in [0.717, 1.165) is 6.54 Å². The summed E-state index contributed by atoms with van der Waals surface area (Å²) in [6.07, 6.45) is 16.1. The first-order chi connectivity index (χ1) is 10.8. The number of hydrogen-bond acceptors (Lipinski definition) is 1. The average Bonchev–Trinajstić information content (AvgIpc) is 3.00. The van der Waals surface area contributed by atoms with E-state index in [1.807, 2.05) is 12.5 Å². The Bertz CT molecular complexity index is 702. The third kappa shape index (κ3) is 2.85. The predicted molar refractivity (Wildman–Crippen MR) is 98.0 cm³/mol. The molecule has 0 saturated heterocycles. The van der Waals surface area contributed by atoms with Crippen LogP contribution in [0.2, 0.25) is 0 Å². The molecule has 1 aromatic carbocycles. The first-order valence-electron chi connectivity index (χ1n) is 8.58. The molecule has 23 heavy (non-hydrogen) atoms. The van der Waals surface area contributed by atoms with Crippen LogP contribution >= 0.6 is 12.4 Å². The molecule has 0 N–H and O–H groups in total. The summed E-state index contributed by atoms with van der Waals surface area (Å²) in [7, 11) is 0. The van der Waals surface area contributed by atoms with E-state index in [2.05, 4.69) is 46.9 Å². The lowest BCUT2D eigenvalue weighted by Gasteiger charge is -2.44. The molecule has 2 aliphatic carbocycles. The molecule has 1 heterocycles. The fourth-order valence-electron chi connectivity index (χ4n) is 4.75. The molecule has 1 aromatic heterocycles. The van der Waals surface area contributed by atoms with Gasteiger partial charge in [0, 0.05) is 18.9 Å². The van der Waals surface area contributed by atoms with Gasteiger partial charge in [-0.05, 0) is 59.8 Å². The number of allylic oxidation sites excluding steroid dienone is 1. The van der Waals surface area contributed by atoms with Crippen LogP contribution in [0.4, 0.5) is 0 Å². The second-order valence-electron chi connectivity index (χ2n) is 6.98. The van der Waals surface area contributed by atoms with Gasteiger partial charge in [0.05, 0.1) is 6.33 Å². The van der Waals surface area contributed by atoms with Crippen LogP contribution in [0.3, 0.4) is 0 Å². The molecule has 3 heteroatoms. The van der Waals surface area contributed by atoms with Gasteiger partial charge in [-0.2, -0.15) is 0 Å². The van der Waals surface area contributed by atoms with E-state index in [-0.39, 0.29) is 12.4 Å². The Morgan fingerprint density at radius 3 is 3.00 bits per heavy atom. The van der Waals surface area contributed by atoms with Crippen molar-refractivity contribution in [3.05, 3.63) is 59.2 Å². The Kier molecular flexibility index (Phi) is 4.63. The number of aromatic nitrogens is 2. The van der Waals surface area contributed by atoms with Crippen LogP contribution in [0.1, 0.15) is 55.7 Å². The summed E-state index contributed by atoms with van der Waals surface area (Å²) in [5.74, 6) is 0. The number of halogens is 1. The van der Waals surface area contributed by atoms with E-state index < -0.39 is 0 Å². The van der Waals surface area contributed by atoms with Crippen molar-refractivity contribution in [1.29, 1.82) is 0 Å². The minimum atomic E-state index is 0. The van der Waals surface area contributed by atoms with Crippen molar-refractivity contribution in [2.45, 2.75) is 57.4 Å². The molecule has 2 nitrogen and oxygen atoms in total. The van der Waals surface area contributed by atoms with E-state index in [1.165, 1.54) is 44.1 Å². The number of rotatable bonds is 4. The summed E-state index contributed by atoms with van der Waals surface area (Å²) < 4.78 is 2.20. The van der Waals surface area contributed by atoms with E-state index in [1.54, 1.807) is 16.7 Å². The first-order valence-corrected chi connectivity index (χ1v) is 8.58. The second-order valence-corrected chi connectivity index (χ2v) is 6.98. The SMILES string of the molecule is CCCC12CCCc3cccc(c31)C=C(Cn1ccnc1)C2.Cl. The zero-order valence-electron chi connectivity index (χ0n) is 13.8. The van der Waals surface area contributed by atoms with E-state index in [0.29, 0.717) is 5.41 Å². The maximum absolute atomic E-state index is 4.19. The Morgan fingerprint density at radius 1 is 1.30 bits per heavy atom. The van der Waals surface area contributed by atoms with Crippen molar-refractivity contribution in [1.82, 2.24) is 9.55 Å². The van der Waals surface area contributed by atoms with Gasteiger partial charge in [0.15, 0.2) is 0 Å². The van der Waals surface area contributed by atoms with Gasteiger partial charge in [-0.15, -0.1) is 12.4 Å². The highest BCUT2D eigenvalue weighted by atomic mass is 35.5. The molecular formula is C20H25ClN2. The lowest BCUT2D eigenvalue weighted by Crippen LogP contribution is -2.35. The molecule has 0 spiro atoms. The first kappa shape index (κ1) is 16.3. The van der Waals surface area contributed by atoms with Crippen molar-refractivity contribution in [3.63, 3.8) is 0 Å². The number of imidazole rings is 1. The molecular weight excluding hydrogens is 304 g/mol. The quantitative estimate of drug-likeness (QED) is 0.757. The van der Waals surface area contributed by atoms with Gasteiger partial charge in [0.1, 0.15) is 0 Å². The number of nitrogens with zero attached hydrogens (tertiary/aromatic N) is 2. The van der Waals surface area contributed by atoms with Crippen molar-refractivity contribution in [2.24, 2.45) is 0 Å². The summed E-state index contributed by atoms with van der Waals surface area (Å²) in [5.41, 5.74) is 6.71. The number of hydrogen-bond donors (Lipinski definition) is 0. The molecule has 2 aliphatic rings. The third-order valence-electron chi connectivity index (χ3n) is 5.41. The van der Waals surface area contributed by atoms with Crippen LogP contribution in [0.15, 0.2) is 42.5 Å². The maximum atomic E-state index is 4.19. The van der Waals surface area contributed by atoms with Crippen LogP contribution in [-0.2, 0) is 18.4 Å². The predicted octanol–water partition coefficient (Wildman–Crippen LogP) is 5.17. The highest BCUT2D eigenvalue weighted by Gasteiger charge is 2.39. The molecule has 122 valence electrons. The van der Waals surface area contributed by atoms with Crippen molar-refractivity contribution in [3.8, 4) is 0 Å². The van der Waals surface area contributed by atoms with Crippen molar-refractivity contribution >= 4 is 18.5 Å². The van der Waals surface area contributed by atoms with E-state index in [9.17, 15) is 0 Å². The highest BCUT2D eigenvalue weighted by molar-refractivity contribution is 5.85. The molecule has 4 rings (SSSR count). The lowest BCUT2D eigenvalue weighted by atomic mass is 9.61. The van der Waals surface area contributed by atoms with E-state index >= 15 is 0 Å². The van der Waals surface area contributed by atoms with Gasteiger partial charge in [0.25, 0.3) is 0 Å². The normalized spacial score (nSPS) is 22.0. The molecule has 0 radical (unpaired) electrons. The Labute approximate surface area is 145 Å². The molecule has 0 aliphatic heterocycles. The van der Waals surface area contributed by atoms with Gasteiger partial charge in [0.2, 0.25) is 0 Å². The van der Waals surface area contributed by atoms with Crippen LogP contribution in [-0.4, -0.2) is 9.55 Å². The van der Waals surface area contributed by atoms with Gasteiger partial charge in [-0.3, -0.25) is 0 Å². The average molecular weight is 329 g/mol. The summed E-state index contributed by atoms with van der Waals surface area (Å²) in [6, 6.07) is 6.92. The Balaban J connectivity index is 0.00000156. The van der Waals surface area contributed by atoms with Crippen LogP contribution in [0, 0.1) is 0 Å². The zero-order valence-corrected chi connectivity index (χ0v) is 14.6. The van der Waals surface area contributed by atoms with Crippen LogP contribution < -0.4 is 0 Å². The fourth-order valence-corrected chi connectivity index (χ4v) is 4.75. The minimum Gasteiger partial charge on any atom is -0.333 e. The highest BCUT2D eigenvalue weighted by Crippen LogP contribution is 2.50. The molecule has 1 unspecified atom stereocenters. The van der Waals surface area contributed by atoms with Gasteiger partial charge in [-0.25, -0.2) is 4.98 Å². The molecule has 0 saturated carbocycles. The second kappa shape index (κ2) is 6.52. The summed E-state index contributed by atoms with van der Waals surface area (Å²) in [5, 5.41) is 0. The zero-order chi connectivity index (χ0) is 15.0. The summed E-state index contributed by atoms with van der Waals surface area (Å²) in [6.45, 7) is 3.31. The molecule has 0 bridgehead atoms. The number of benzene rings is 1. The van der Waals surface area contributed by atoms with Crippen molar-refractivity contribution in [2.75, 3.05) is 0 Å². The molecule has 1 atom stereocenters. The molecule has 2 aromatic rings. The van der Waals surface area contributed by atoms with Gasteiger partial charge >= 0.3 is 0 Å².